The topological polar surface area (TPSA) is 237 Å². The Kier molecular flexibility index (Phi) is 62.4. The van der Waals surface area contributed by atoms with Crippen LogP contribution < -0.4 is 0 Å². The molecule has 0 spiro atoms. The normalized spacial score (nSPS) is 14.4. The van der Waals surface area contributed by atoms with Gasteiger partial charge in [0.2, 0.25) is 0 Å². The monoisotopic (exact) mass is 1350 g/mol. The number of unbranched alkanes of at least 4 members (excludes halogenated alkanes) is 38. The second-order valence-corrected chi connectivity index (χ2v) is 30.4. The van der Waals surface area contributed by atoms with E-state index >= 15 is 0 Å². The highest BCUT2D eigenvalue weighted by Gasteiger charge is 2.30. The first-order valence-electron chi connectivity index (χ1n) is 37.9. The predicted octanol–water partition coefficient (Wildman–Crippen LogP) is 21.0. The molecule has 0 aromatic carbocycles. The van der Waals surface area contributed by atoms with Crippen molar-refractivity contribution in [1.82, 2.24) is 0 Å². The number of esters is 4. The molecule has 92 heavy (non-hydrogen) atoms. The Morgan fingerprint density at radius 3 is 0.826 bits per heavy atom. The van der Waals surface area contributed by atoms with Crippen LogP contribution in [-0.2, 0) is 65.4 Å². The number of rotatable bonds is 71. The Balaban J connectivity index is 5.25. The highest BCUT2D eigenvalue weighted by molar-refractivity contribution is 7.47. The van der Waals surface area contributed by atoms with Gasteiger partial charge in [-0.25, -0.2) is 9.13 Å². The summed E-state index contributed by atoms with van der Waals surface area (Å²) in [4.78, 5) is 72.7. The zero-order valence-electron chi connectivity index (χ0n) is 60.0. The van der Waals surface area contributed by atoms with Crippen molar-refractivity contribution in [3.8, 4) is 0 Å². The van der Waals surface area contributed by atoms with E-state index in [-0.39, 0.29) is 25.7 Å². The van der Waals surface area contributed by atoms with Gasteiger partial charge < -0.3 is 33.8 Å². The van der Waals surface area contributed by atoms with E-state index in [0.717, 1.165) is 114 Å². The average molecular weight is 1350 g/mol. The molecule has 0 heterocycles. The fraction of sp³-hybridized carbons (Fsp3) is 0.945. The SMILES string of the molecule is CCCCCCCCCCCCCC(=O)O[C@H](COC(=O)CCCCCCCCC(C)CC)COP(=O)(O)OC[C@H](O)COP(=O)(O)OC[C@@H](COC(=O)CCCCCCCCCCCCCC(C)C)OC(=O)CCCCCCCCCCCCCCCCC(C)C. The lowest BCUT2D eigenvalue weighted by Crippen LogP contribution is -2.30. The lowest BCUT2D eigenvalue weighted by molar-refractivity contribution is -0.161. The fourth-order valence-corrected chi connectivity index (χ4v) is 12.6. The van der Waals surface area contributed by atoms with Crippen molar-refractivity contribution in [2.45, 2.75) is 388 Å². The highest BCUT2D eigenvalue weighted by atomic mass is 31.2. The molecule has 3 N–H and O–H groups in total. The van der Waals surface area contributed by atoms with Crippen LogP contribution >= 0.6 is 15.6 Å². The van der Waals surface area contributed by atoms with E-state index in [0.29, 0.717) is 25.7 Å². The summed E-state index contributed by atoms with van der Waals surface area (Å²) >= 11 is 0. The van der Waals surface area contributed by atoms with Crippen molar-refractivity contribution in [2.24, 2.45) is 17.8 Å². The molecule has 0 rings (SSSR count). The largest absolute Gasteiger partial charge is 0.472 e. The van der Waals surface area contributed by atoms with Gasteiger partial charge in [-0.2, -0.15) is 0 Å². The van der Waals surface area contributed by atoms with Crippen LogP contribution in [0, 0.1) is 17.8 Å². The highest BCUT2D eigenvalue weighted by Crippen LogP contribution is 2.45. The molecule has 0 aromatic heterocycles. The minimum absolute atomic E-state index is 0.106. The van der Waals surface area contributed by atoms with Gasteiger partial charge in [-0.15, -0.1) is 0 Å². The summed E-state index contributed by atoms with van der Waals surface area (Å²) in [6.07, 6.45) is 48.5. The van der Waals surface area contributed by atoms with Gasteiger partial charge in [-0.05, 0) is 43.4 Å². The Bertz CT molecular complexity index is 1800. The van der Waals surface area contributed by atoms with Crippen LogP contribution in [0.4, 0.5) is 0 Å². The number of hydrogen-bond donors (Lipinski definition) is 3. The van der Waals surface area contributed by atoms with E-state index in [1.54, 1.807) is 0 Å². The molecule has 0 bridgehead atoms. The van der Waals surface area contributed by atoms with Crippen LogP contribution in [0.1, 0.15) is 370 Å². The van der Waals surface area contributed by atoms with Crippen molar-refractivity contribution in [1.29, 1.82) is 0 Å². The summed E-state index contributed by atoms with van der Waals surface area (Å²) in [7, 11) is -9.91. The molecule has 17 nitrogen and oxygen atoms in total. The van der Waals surface area contributed by atoms with Crippen molar-refractivity contribution in [2.75, 3.05) is 39.6 Å². The Morgan fingerprint density at radius 1 is 0.315 bits per heavy atom. The molecule has 3 unspecified atom stereocenters. The molecule has 0 saturated carbocycles. The quantitative estimate of drug-likeness (QED) is 0.0222. The molecular weight excluding hydrogens is 1210 g/mol. The molecule has 6 atom stereocenters. The average Bonchev–Trinajstić information content (AvgIpc) is 1.49. The fourth-order valence-electron chi connectivity index (χ4n) is 11.0. The van der Waals surface area contributed by atoms with Crippen LogP contribution in [0.15, 0.2) is 0 Å². The lowest BCUT2D eigenvalue weighted by Gasteiger charge is -2.21. The lowest BCUT2D eigenvalue weighted by atomic mass is 10.00. The minimum atomic E-state index is -4.96. The van der Waals surface area contributed by atoms with Crippen LogP contribution in [0.3, 0.4) is 0 Å². The first-order valence-corrected chi connectivity index (χ1v) is 40.9. The van der Waals surface area contributed by atoms with E-state index in [4.69, 9.17) is 37.0 Å². The third-order valence-corrected chi connectivity index (χ3v) is 19.1. The first kappa shape index (κ1) is 90.1. The van der Waals surface area contributed by atoms with Gasteiger partial charge in [0.1, 0.15) is 19.3 Å². The van der Waals surface area contributed by atoms with Gasteiger partial charge in [0.05, 0.1) is 26.4 Å². The zero-order chi connectivity index (χ0) is 68.0. The standard InChI is InChI=1S/C73H142O17P2/c1-8-10-11-12-13-14-20-28-33-42-49-56-72(77)90-69(61-84-71(76)55-48-41-36-35-39-46-53-66(7)9-2)63-88-92(81,82)86-59-67(74)58-85-91(79,80)87-62-68(60-83-70(75)54-47-40-32-27-24-19-22-26-31-38-45-52-65(5)6)89-73(78)57-50-43-34-29-23-18-16-15-17-21-25-30-37-44-51-64(3)4/h64-69,74H,8-63H2,1-7H3,(H,79,80)(H,81,82)/t66?,67-,68-,69-/m1/s1. The number of aliphatic hydroxyl groups is 1. The van der Waals surface area contributed by atoms with E-state index in [9.17, 15) is 43.2 Å². The second kappa shape index (κ2) is 63.8. The summed E-state index contributed by atoms with van der Waals surface area (Å²) in [6, 6.07) is 0. The maximum Gasteiger partial charge on any atom is 0.472 e. The molecular formula is C73H142O17P2. The Labute approximate surface area is 562 Å². The van der Waals surface area contributed by atoms with Crippen molar-refractivity contribution >= 4 is 39.5 Å². The van der Waals surface area contributed by atoms with Gasteiger partial charge in [-0.3, -0.25) is 37.3 Å². The van der Waals surface area contributed by atoms with E-state index in [2.05, 4.69) is 48.5 Å². The Hall–Kier alpha value is -1.94. The van der Waals surface area contributed by atoms with Gasteiger partial charge in [0.25, 0.3) is 0 Å². The summed E-state index contributed by atoms with van der Waals surface area (Å²) < 4.78 is 68.4. The van der Waals surface area contributed by atoms with Gasteiger partial charge in [-0.1, -0.05) is 318 Å². The number of ether oxygens (including phenoxy) is 4. The second-order valence-electron chi connectivity index (χ2n) is 27.5. The van der Waals surface area contributed by atoms with E-state index in [1.807, 2.05) is 0 Å². The van der Waals surface area contributed by atoms with Crippen molar-refractivity contribution < 1.29 is 80.2 Å². The van der Waals surface area contributed by atoms with Crippen LogP contribution in [-0.4, -0.2) is 96.7 Å². The van der Waals surface area contributed by atoms with Crippen LogP contribution in [0.2, 0.25) is 0 Å². The number of phosphoric ester groups is 2. The van der Waals surface area contributed by atoms with E-state index < -0.39 is 97.5 Å². The van der Waals surface area contributed by atoms with E-state index in [1.165, 1.54) is 173 Å². The molecule has 0 aliphatic heterocycles. The molecule has 546 valence electrons. The smallest absolute Gasteiger partial charge is 0.462 e. The van der Waals surface area contributed by atoms with Gasteiger partial charge in [0.15, 0.2) is 12.2 Å². The van der Waals surface area contributed by atoms with Crippen LogP contribution in [0.5, 0.6) is 0 Å². The Morgan fingerprint density at radius 2 is 0.554 bits per heavy atom. The van der Waals surface area contributed by atoms with Gasteiger partial charge >= 0.3 is 39.5 Å². The number of carbonyl (C=O) groups excluding carboxylic acids is 4. The molecule has 0 saturated heterocycles. The molecule has 0 amide bonds. The number of hydrogen-bond acceptors (Lipinski definition) is 15. The third kappa shape index (κ3) is 65.4. The zero-order valence-corrected chi connectivity index (χ0v) is 61.8. The number of carbonyl (C=O) groups is 4. The van der Waals surface area contributed by atoms with Crippen molar-refractivity contribution in [3.63, 3.8) is 0 Å². The first-order chi connectivity index (χ1) is 44.3. The number of phosphoric acid groups is 2. The molecule has 0 aliphatic rings. The third-order valence-electron chi connectivity index (χ3n) is 17.2. The summed E-state index contributed by atoms with van der Waals surface area (Å²) in [6.45, 7) is 11.9. The van der Waals surface area contributed by atoms with Crippen LogP contribution in [0.25, 0.3) is 0 Å². The predicted molar refractivity (Wildman–Crippen MR) is 372 cm³/mol. The van der Waals surface area contributed by atoms with Crippen molar-refractivity contribution in [3.05, 3.63) is 0 Å². The molecule has 0 aliphatic carbocycles. The maximum absolute atomic E-state index is 13.1. The summed E-state index contributed by atoms with van der Waals surface area (Å²) in [5.41, 5.74) is 0. The maximum atomic E-state index is 13.1. The summed E-state index contributed by atoms with van der Waals surface area (Å²) in [5, 5.41) is 10.6. The number of aliphatic hydroxyl groups excluding tert-OH is 1. The van der Waals surface area contributed by atoms with Gasteiger partial charge in [0, 0.05) is 25.7 Å². The molecule has 19 heteroatoms. The molecule has 0 radical (unpaired) electrons. The minimum Gasteiger partial charge on any atom is -0.462 e. The molecule has 0 aromatic rings. The summed E-state index contributed by atoms with van der Waals surface area (Å²) in [5.74, 6) is 0.175. The molecule has 0 fully saturated rings.